The van der Waals surface area contributed by atoms with Gasteiger partial charge in [0, 0.05) is 29.3 Å². The van der Waals surface area contributed by atoms with Gasteiger partial charge in [-0.2, -0.15) is 0 Å². The molecule has 2 aromatic heterocycles. The molecule has 27 heavy (non-hydrogen) atoms. The van der Waals surface area contributed by atoms with E-state index in [1.165, 1.54) is 0 Å². The summed E-state index contributed by atoms with van der Waals surface area (Å²) in [6, 6.07) is 15.9. The van der Waals surface area contributed by atoms with Crippen LogP contribution in [0, 0.1) is 13.8 Å². The van der Waals surface area contributed by atoms with Crippen LogP contribution in [0.2, 0.25) is 0 Å². The Bertz CT molecular complexity index is 1230. The fraction of sp³-hybridized carbons (Fsp3) is 0.100. The largest absolute Gasteiger partial charge is 0.291 e. The third kappa shape index (κ3) is 3.54. The van der Waals surface area contributed by atoms with Crippen molar-refractivity contribution in [2.45, 2.75) is 18.7 Å². The van der Waals surface area contributed by atoms with Crippen LogP contribution in [-0.4, -0.2) is 22.8 Å². The number of rotatable bonds is 4. The summed E-state index contributed by atoms with van der Waals surface area (Å²) in [6.45, 7) is 3.78. The van der Waals surface area contributed by atoms with E-state index in [0.717, 1.165) is 22.5 Å². The molecule has 0 aliphatic carbocycles. The van der Waals surface area contributed by atoms with Crippen molar-refractivity contribution in [1.29, 1.82) is 0 Å². The Balaban J connectivity index is 1.60. The highest BCUT2D eigenvalue weighted by Gasteiger charge is 2.14. The lowest BCUT2D eigenvalue weighted by Crippen LogP contribution is -2.12. The first kappa shape index (κ1) is 17.2. The van der Waals surface area contributed by atoms with E-state index in [4.69, 9.17) is 0 Å². The zero-order chi connectivity index (χ0) is 19.0. The summed E-state index contributed by atoms with van der Waals surface area (Å²) in [5.41, 5.74) is 3.96. The Kier molecular flexibility index (Phi) is 4.16. The highest BCUT2D eigenvalue weighted by molar-refractivity contribution is 7.92. The summed E-state index contributed by atoms with van der Waals surface area (Å²) in [5.74, 6) is 0.634. The molecule has 0 atom stereocenters. The molecule has 1 N–H and O–H groups in total. The van der Waals surface area contributed by atoms with Gasteiger partial charge < -0.3 is 0 Å². The van der Waals surface area contributed by atoms with E-state index in [-0.39, 0.29) is 4.90 Å². The van der Waals surface area contributed by atoms with Gasteiger partial charge in [0.25, 0.3) is 10.0 Å². The van der Waals surface area contributed by atoms with Crippen LogP contribution < -0.4 is 4.72 Å². The second-order valence-corrected chi connectivity index (χ2v) is 8.08. The number of hydrogen-bond donors (Lipinski definition) is 1. The lowest BCUT2D eigenvalue weighted by atomic mass is 10.1. The van der Waals surface area contributed by atoms with E-state index in [1.807, 2.05) is 54.9 Å². The van der Waals surface area contributed by atoms with E-state index in [1.54, 1.807) is 30.3 Å². The van der Waals surface area contributed by atoms with Gasteiger partial charge >= 0.3 is 0 Å². The lowest BCUT2D eigenvalue weighted by molar-refractivity contribution is 0.601. The Morgan fingerprint density at radius 3 is 2.48 bits per heavy atom. The molecule has 4 rings (SSSR count). The van der Waals surface area contributed by atoms with Crippen LogP contribution in [0.5, 0.6) is 0 Å². The molecule has 136 valence electrons. The SMILES string of the molecule is Cc1cccc(S(=O)(=O)Nc2ccc(-c3cn4ccc(C)nc4n3)cc2)c1. The minimum atomic E-state index is -3.62. The van der Waals surface area contributed by atoms with Crippen LogP contribution >= 0.6 is 0 Å². The molecule has 2 heterocycles. The zero-order valence-corrected chi connectivity index (χ0v) is 15.7. The Labute approximate surface area is 157 Å². The summed E-state index contributed by atoms with van der Waals surface area (Å²) < 4.78 is 29.5. The van der Waals surface area contributed by atoms with Crippen molar-refractivity contribution in [3.05, 3.63) is 78.2 Å². The molecular formula is C20H18N4O2S. The van der Waals surface area contributed by atoms with Gasteiger partial charge in [0.2, 0.25) is 5.78 Å². The molecule has 0 radical (unpaired) electrons. The van der Waals surface area contributed by atoms with Crippen molar-refractivity contribution in [2.75, 3.05) is 4.72 Å². The number of nitrogens with zero attached hydrogens (tertiary/aromatic N) is 3. The molecule has 0 saturated heterocycles. The van der Waals surface area contributed by atoms with E-state index < -0.39 is 10.0 Å². The summed E-state index contributed by atoms with van der Waals surface area (Å²) in [6.07, 6.45) is 3.81. The molecule has 0 unspecified atom stereocenters. The fourth-order valence-corrected chi connectivity index (χ4v) is 3.97. The van der Waals surface area contributed by atoms with Crippen LogP contribution in [0.25, 0.3) is 17.0 Å². The van der Waals surface area contributed by atoms with Crippen molar-refractivity contribution in [3.8, 4) is 11.3 Å². The van der Waals surface area contributed by atoms with E-state index in [9.17, 15) is 8.42 Å². The number of anilines is 1. The van der Waals surface area contributed by atoms with Crippen molar-refractivity contribution in [3.63, 3.8) is 0 Å². The highest BCUT2D eigenvalue weighted by Crippen LogP contribution is 2.23. The highest BCUT2D eigenvalue weighted by atomic mass is 32.2. The predicted octanol–water partition coefficient (Wildman–Crippen LogP) is 3.81. The van der Waals surface area contributed by atoms with Crippen molar-refractivity contribution in [1.82, 2.24) is 14.4 Å². The number of fused-ring (bicyclic) bond motifs is 1. The van der Waals surface area contributed by atoms with Gasteiger partial charge in [-0.15, -0.1) is 0 Å². The molecule has 7 heteroatoms. The van der Waals surface area contributed by atoms with Crippen LogP contribution in [0.3, 0.4) is 0 Å². The van der Waals surface area contributed by atoms with Crippen LogP contribution in [0.1, 0.15) is 11.3 Å². The number of aryl methyl sites for hydroxylation is 2. The molecule has 2 aromatic carbocycles. The van der Waals surface area contributed by atoms with Crippen LogP contribution in [-0.2, 0) is 10.0 Å². The van der Waals surface area contributed by atoms with E-state index in [0.29, 0.717) is 11.5 Å². The van der Waals surface area contributed by atoms with Gasteiger partial charge in [-0.1, -0.05) is 24.3 Å². The molecule has 0 spiro atoms. The van der Waals surface area contributed by atoms with Gasteiger partial charge in [0.05, 0.1) is 10.6 Å². The maximum absolute atomic E-state index is 12.5. The van der Waals surface area contributed by atoms with Gasteiger partial charge in [-0.3, -0.25) is 9.12 Å². The van der Waals surface area contributed by atoms with Crippen molar-refractivity contribution >= 4 is 21.5 Å². The maximum Gasteiger partial charge on any atom is 0.261 e. The van der Waals surface area contributed by atoms with E-state index >= 15 is 0 Å². The Hall–Kier alpha value is -3.19. The molecule has 0 amide bonds. The lowest BCUT2D eigenvalue weighted by Gasteiger charge is -2.09. The summed E-state index contributed by atoms with van der Waals surface area (Å²) >= 11 is 0. The summed E-state index contributed by atoms with van der Waals surface area (Å²) in [7, 11) is -3.62. The first-order valence-electron chi connectivity index (χ1n) is 8.43. The number of nitrogens with one attached hydrogen (secondary N) is 1. The van der Waals surface area contributed by atoms with Gasteiger partial charge in [0.1, 0.15) is 0 Å². The monoisotopic (exact) mass is 378 g/mol. The molecule has 0 aliphatic rings. The standard InChI is InChI=1S/C20H18N4O2S/c1-14-4-3-5-18(12-14)27(25,26)23-17-8-6-16(7-9-17)19-13-24-11-10-15(2)21-20(24)22-19/h3-13,23H,1-2H3. The minimum absolute atomic E-state index is 0.244. The molecule has 0 bridgehead atoms. The van der Waals surface area contributed by atoms with Crippen LogP contribution in [0.4, 0.5) is 5.69 Å². The predicted molar refractivity (Wildman–Crippen MR) is 105 cm³/mol. The van der Waals surface area contributed by atoms with E-state index in [2.05, 4.69) is 14.7 Å². The quantitative estimate of drug-likeness (QED) is 0.586. The second-order valence-electron chi connectivity index (χ2n) is 6.40. The maximum atomic E-state index is 12.5. The van der Waals surface area contributed by atoms with Gasteiger partial charge in [-0.05, 0) is 49.7 Å². The molecule has 4 aromatic rings. The van der Waals surface area contributed by atoms with Gasteiger partial charge in [-0.25, -0.2) is 18.4 Å². The molecule has 0 aliphatic heterocycles. The number of imidazole rings is 1. The topological polar surface area (TPSA) is 76.4 Å². The summed E-state index contributed by atoms with van der Waals surface area (Å²) in [4.78, 5) is 9.15. The first-order valence-corrected chi connectivity index (χ1v) is 9.91. The van der Waals surface area contributed by atoms with Crippen molar-refractivity contribution < 1.29 is 8.42 Å². The third-order valence-corrected chi connectivity index (χ3v) is 5.58. The Morgan fingerprint density at radius 1 is 0.963 bits per heavy atom. The fourth-order valence-electron chi connectivity index (χ4n) is 2.80. The third-order valence-electron chi connectivity index (χ3n) is 4.20. The molecule has 6 nitrogen and oxygen atoms in total. The summed E-state index contributed by atoms with van der Waals surface area (Å²) in [5, 5.41) is 0. The molecule has 0 fully saturated rings. The molecule has 0 saturated carbocycles. The Morgan fingerprint density at radius 2 is 1.74 bits per heavy atom. The number of aromatic nitrogens is 3. The molecular weight excluding hydrogens is 360 g/mol. The zero-order valence-electron chi connectivity index (χ0n) is 14.9. The van der Waals surface area contributed by atoms with Crippen molar-refractivity contribution in [2.24, 2.45) is 0 Å². The number of benzene rings is 2. The first-order chi connectivity index (χ1) is 12.9. The second kappa shape index (κ2) is 6.51. The number of hydrogen-bond acceptors (Lipinski definition) is 4. The average Bonchev–Trinajstić information content (AvgIpc) is 3.05. The average molecular weight is 378 g/mol. The minimum Gasteiger partial charge on any atom is -0.291 e. The normalized spacial score (nSPS) is 11.6. The van der Waals surface area contributed by atoms with Crippen LogP contribution in [0.15, 0.2) is 71.9 Å². The smallest absolute Gasteiger partial charge is 0.261 e. The van der Waals surface area contributed by atoms with Gasteiger partial charge in [0.15, 0.2) is 0 Å². The number of sulfonamides is 1.